The molecule has 2 aliphatic rings. The van der Waals surface area contributed by atoms with E-state index < -0.39 is 84.8 Å². The zero-order valence-corrected chi connectivity index (χ0v) is 25.7. The van der Waals surface area contributed by atoms with E-state index in [9.17, 15) is 39.3 Å². The fraction of sp³-hybridized carbons (Fsp3) is 0.303. The first-order chi connectivity index (χ1) is 23.3. The van der Waals surface area contributed by atoms with Crippen LogP contribution in [0.15, 0.2) is 48.5 Å². The van der Waals surface area contributed by atoms with Crippen molar-refractivity contribution >= 4 is 29.7 Å². The van der Waals surface area contributed by atoms with Gasteiger partial charge in [-0.15, -0.1) is 0 Å². The number of hydrogen-bond acceptors (Lipinski definition) is 14. The Bertz CT molecular complexity index is 1800. The lowest BCUT2D eigenvalue weighted by Crippen LogP contribution is -2.40. The summed E-state index contributed by atoms with van der Waals surface area (Å²) in [5, 5.41) is 48.4. The number of Topliss-reactive ketones (excluding diaryl/α,β-unsaturated/α-hetero) is 1. The van der Waals surface area contributed by atoms with Crippen molar-refractivity contribution in [1.82, 2.24) is 0 Å². The molecule has 3 aromatic rings. The van der Waals surface area contributed by atoms with Gasteiger partial charge in [0, 0.05) is 23.3 Å². The molecule has 0 saturated heterocycles. The molecule has 0 aliphatic carbocycles. The van der Waals surface area contributed by atoms with E-state index in [0.717, 1.165) is 12.1 Å². The van der Waals surface area contributed by atoms with E-state index in [-0.39, 0.29) is 52.9 Å². The number of aromatic hydroxyl groups is 3. The van der Waals surface area contributed by atoms with E-state index >= 15 is 0 Å². The van der Waals surface area contributed by atoms with E-state index in [1.165, 1.54) is 43.5 Å². The molecule has 49 heavy (non-hydrogen) atoms. The predicted molar refractivity (Wildman–Crippen MR) is 161 cm³/mol. The molecule has 0 radical (unpaired) electrons. The summed E-state index contributed by atoms with van der Waals surface area (Å²) >= 11 is 0. The van der Waals surface area contributed by atoms with E-state index in [1.807, 2.05) is 0 Å². The van der Waals surface area contributed by atoms with Gasteiger partial charge in [0.05, 0.1) is 32.8 Å². The Morgan fingerprint density at radius 2 is 1.37 bits per heavy atom. The second kappa shape index (κ2) is 14.3. The number of methoxy groups -OCH3 is 1. The molecular weight excluding hydrogens is 652 g/mol. The van der Waals surface area contributed by atoms with Gasteiger partial charge in [-0.3, -0.25) is 24.0 Å². The SMILES string of the molecule is COc1cc([C@@H]2Oc3cc([C@@H]4Oc5cc(O)cc(O)c5C(=O)[C@@H]4OC(=O)CCC(=O)O)ccc3O[C@@H]2COC(=O)CCC(=O)O)ccc1O. The number of aliphatic carboxylic acids is 2. The van der Waals surface area contributed by atoms with E-state index in [1.54, 1.807) is 0 Å². The van der Waals surface area contributed by atoms with Crippen molar-refractivity contribution in [3.8, 4) is 40.2 Å². The number of fused-ring (bicyclic) bond motifs is 2. The van der Waals surface area contributed by atoms with Crippen LogP contribution in [0.1, 0.15) is 59.4 Å². The summed E-state index contributed by atoms with van der Waals surface area (Å²) < 4.78 is 34.3. The largest absolute Gasteiger partial charge is 0.508 e. The second-order valence-corrected chi connectivity index (χ2v) is 11.0. The van der Waals surface area contributed by atoms with Crippen LogP contribution in [0.3, 0.4) is 0 Å². The Morgan fingerprint density at radius 1 is 0.714 bits per heavy atom. The Kier molecular flexibility index (Phi) is 9.96. The number of benzene rings is 3. The zero-order chi connectivity index (χ0) is 35.4. The maximum absolute atomic E-state index is 13.6. The van der Waals surface area contributed by atoms with Crippen molar-refractivity contribution in [2.75, 3.05) is 13.7 Å². The number of carbonyl (C=O) groups excluding carboxylic acids is 3. The molecule has 0 aromatic heterocycles. The number of esters is 2. The summed E-state index contributed by atoms with van der Waals surface area (Å²) in [5.41, 5.74) is 0.275. The number of carbonyl (C=O) groups is 5. The van der Waals surface area contributed by atoms with Crippen molar-refractivity contribution in [1.29, 1.82) is 0 Å². The highest BCUT2D eigenvalue weighted by Crippen LogP contribution is 2.46. The lowest BCUT2D eigenvalue weighted by Gasteiger charge is -2.36. The fourth-order valence-electron chi connectivity index (χ4n) is 5.23. The fourth-order valence-corrected chi connectivity index (χ4v) is 5.23. The van der Waals surface area contributed by atoms with Gasteiger partial charge in [-0.2, -0.15) is 0 Å². The molecule has 0 amide bonds. The highest BCUT2D eigenvalue weighted by atomic mass is 16.6. The lowest BCUT2D eigenvalue weighted by atomic mass is 9.92. The van der Waals surface area contributed by atoms with Crippen LogP contribution in [-0.2, 0) is 28.7 Å². The van der Waals surface area contributed by atoms with Crippen LogP contribution in [0, 0.1) is 0 Å². The Morgan fingerprint density at radius 3 is 2.06 bits per heavy atom. The van der Waals surface area contributed by atoms with E-state index in [2.05, 4.69) is 0 Å². The van der Waals surface area contributed by atoms with Gasteiger partial charge in [0.15, 0.2) is 41.3 Å². The molecule has 5 rings (SSSR count). The van der Waals surface area contributed by atoms with Crippen LogP contribution in [0.25, 0.3) is 0 Å². The Balaban J connectivity index is 1.49. The number of phenolic OH excluding ortho intramolecular Hbond substituents is 3. The van der Waals surface area contributed by atoms with Crippen LogP contribution >= 0.6 is 0 Å². The maximum atomic E-state index is 13.6. The minimum Gasteiger partial charge on any atom is -0.508 e. The van der Waals surface area contributed by atoms with Crippen LogP contribution in [0.4, 0.5) is 0 Å². The quantitative estimate of drug-likeness (QED) is 0.172. The molecule has 16 heteroatoms. The number of phenols is 3. The summed E-state index contributed by atoms with van der Waals surface area (Å²) in [7, 11) is 1.34. The number of hydrogen-bond donors (Lipinski definition) is 5. The number of ketones is 1. The first kappa shape index (κ1) is 34.2. The van der Waals surface area contributed by atoms with Gasteiger partial charge in [0.1, 0.15) is 29.4 Å². The average Bonchev–Trinajstić information content (AvgIpc) is 3.05. The zero-order valence-electron chi connectivity index (χ0n) is 25.7. The normalized spacial score (nSPS) is 19.2. The monoisotopic (exact) mass is 682 g/mol. The lowest BCUT2D eigenvalue weighted by molar-refractivity contribution is -0.154. The highest BCUT2D eigenvalue weighted by molar-refractivity contribution is 6.06. The van der Waals surface area contributed by atoms with Crippen LogP contribution in [0.5, 0.6) is 40.2 Å². The van der Waals surface area contributed by atoms with Gasteiger partial charge in [-0.25, -0.2) is 0 Å². The molecule has 3 aromatic carbocycles. The molecule has 4 atom stereocenters. The van der Waals surface area contributed by atoms with Gasteiger partial charge in [-0.05, 0) is 24.3 Å². The number of carboxylic acid groups (broad SMARTS) is 2. The molecule has 0 bridgehead atoms. The Hall–Kier alpha value is -6.19. The van der Waals surface area contributed by atoms with Gasteiger partial charge in [-0.1, -0.05) is 12.1 Å². The van der Waals surface area contributed by atoms with Crippen LogP contribution in [-0.4, -0.2) is 81.1 Å². The summed E-state index contributed by atoms with van der Waals surface area (Å²) in [5.74, 6) is -6.18. The second-order valence-electron chi connectivity index (χ2n) is 11.0. The molecule has 0 saturated carbocycles. The van der Waals surface area contributed by atoms with Gasteiger partial charge in [0.2, 0.25) is 11.9 Å². The number of ether oxygens (including phenoxy) is 6. The third-order valence-corrected chi connectivity index (χ3v) is 7.55. The molecule has 0 fully saturated rings. The topological polar surface area (TPSA) is 242 Å². The first-order valence-corrected chi connectivity index (χ1v) is 14.7. The third kappa shape index (κ3) is 7.69. The van der Waals surface area contributed by atoms with Crippen molar-refractivity contribution in [3.05, 3.63) is 65.2 Å². The van der Waals surface area contributed by atoms with Gasteiger partial charge >= 0.3 is 23.9 Å². The third-order valence-electron chi connectivity index (χ3n) is 7.55. The molecule has 0 unspecified atom stereocenters. The molecule has 258 valence electrons. The summed E-state index contributed by atoms with van der Waals surface area (Å²) in [6.45, 7) is -0.355. The molecular formula is C33H30O16. The average molecular weight is 683 g/mol. The summed E-state index contributed by atoms with van der Waals surface area (Å²) in [6.07, 6.45) is -6.97. The van der Waals surface area contributed by atoms with Crippen molar-refractivity contribution < 1.29 is 77.9 Å². The highest BCUT2D eigenvalue weighted by Gasteiger charge is 2.44. The molecule has 2 heterocycles. The standard InChI is InChI=1S/C33H30O16/c1-44-21-10-15(2-4-18(21)35)31-24(14-45-27(41)8-6-25(37)38)46-20-5-3-16(11-22(20)47-31)32-33(49-28(42)9-7-26(39)40)30(43)29-19(36)12-17(34)13-23(29)48-32/h2-5,10-13,24,31-36H,6-9,14H2,1H3,(H,37,38)(H,39,40)/t24-,31+,32+,33+/m1/s1. The molecule has 2 aliphatic heterocycles. The van der Waals surface area contributed by atoms with Gasteiger partial charge in [0.25, 0.3) is 0 Å². The summed E-state index contributed by atoms with van der Waals surface area (Å²) in [6, 6.07) is 10.7. The van der Waals surface area contributed by atoms with Crippen LogP contribution < -0.4 is 18.9 Å². The minimum absolute atomic E-state index is 0.0968. The Labute approximate surface area is 276 Å². The minimum atomic E-state index is -1.69. The first-order valence-electron chi connectivity index (χ1n) is 14.7. The van der Waals surface area contributed by atoms with Crippen molar-refractivity contribution in [2.45, 2.75) is 50.1 Å². The van der Waals surface area contributed by atoms with E-state index in [4.69, 9.17) is 38.6 Å². The van der Waals surface area contributed by atoms with Crippen molar-refractivity contribution in [2.24, 2.45) is 0 Å². The maximum Gasteiger partial charge on any atom is 0.307 e. The summed E-state index contributed by atoms with van der Waals surface area (Å²) in [4.78, 5) is 60.3. The van der Waals surface area contributed by atoms with Crippen LogP contribution in [0.2, 0.25) is 0 Å². The number of carboxylic acids is 2. The molecule has 0 spiro atoms. The smallest absolute Gasteiger partial charge is 0.307 e. The molecule has 16 nitrogen and oxygen atoms in total. The van der Waals surface area contributed by atoms with Crippen molar-refractivity contribution in [3.63, 3.8) is 0 Å². The number of rotatable bonds is 12. The van der Waals surface area contributed by atoms with E-state index in [0.29, 0.717) is 5.56 Å². The molecule has 5 N–H and O–H groups in total. The van der Waals surface area contributed by atoms with Gasteiger partial charge < -0.3 is 54.0 Å². The predicted octanol–water partition coefficient (Wildman–Crippen LogP) is 3.19.